The number of carbonyl (C=O) groups excluding carboxylic acids is 2. The van der Waals surface area contributed by atoms with Gasteiger partial charge in [-0.25, -0.2) is 0 Å². The van der Waals surface area contributed by atoms with Gasteiger partial charge in [0.1, 0.15) is 6.04 Å². The molecule has 0 aliphatic carbocycles. The third-order valence-electron chi connectivity index (χ3n) is 3.69. The molecule has 0 heterocycles. The molecule has 0 bridgehead atoms. The lowest BCUT2D eigenvalue weighted by atomic mass is 9.93. The van der Waals surface area contributed by atoms with Gasteiger partial charge in [0.15, 0.2) is 5.78 Å². The summed E-state index contributed by atoms with van der Waals surface area (Å²) in [7, 11) is 3.39. The molecule has 0 saturated heterocycles. The fourth-order valence-electron chi connectivity index (χ4n) is 2.34. The van der Waals surface area contributed by atoms with Crippen LogP contribution in [-0.4, -0.2) is 65.4 Å². The van der Waals surface area contributed by atoms with Gasteiger partial charge in [-0.1, -0.05) is 20.8 Å². The van der Waals surface area contributed by atoms with E-state index in [1.807, 2.05) is 13.8 Å². The third-order valence-corrected chi connectivity index (χ3v) is 3.69. The zero-order chi connectivity index (χ0) is 17.4. The number of amides is 1. The molecule has 0 aromatic heterocycles. The van der Waals surface area contributed by atoms with E-state index in [2.05, 4.69) is 10.5 Å². The normalized spacial score (nSPS) is 17.5. The number of rotatable bonds is 9. The minimum atomic E-state index is -0.951. The summed E-state index contributed by atoms with van der Waals surface area (Å²) in [5, 5.41) is 24.5. The fraction of sp³-hybridized carbons (Fsp3) is 0.800. The van der Waals surface area contributed by atoms with Crippen LogP contribution in [0.15, 0.2) is 5.16 Å². The molecule has 0 fully saturated rings. The Balaban J connectivity index is 5.08. The van der Waals surface area contributed by atoms with Crippen LogP contribution in [0.4, 0.5) is 0 Å². The maximum atomic E-state index is 12.5. The van der Waals surface area contributed by atoms with Crippen molar-refractivity contribution >= 4 is 17.9 Å². The molecular formula is C15H29N3O4. The zero-order valence-corrected chi connectivity index (χ0v) is 14.3. The largest absolute Gasteiger partial charge is 0.411 e. The number of likely N-dealkylation sites (N-methyl/N-ethyl adjacent to an activating group) is 1. The minimum absolute atomic E-state index is 0.0275. The van der Waals surface area contributed by atoms with E-state index in [9.17, 15) is 14.7 Å². The first-order valence-electron chi connectivity index (χ1n) is 7.44. The Bertz CT molecular complexity index is 396. The van der Waals surface area contributed by atoms with Gasteiger partial charge >= 0.3 is 0 Å². The number of nitrogens with zero attached hydrogens (tertiary/aromatic N) is 2. The molecule has 128 valence electrons. The molecule has 0 spiro atoms. The van der Waals surface area contributed by atoms with E-state index in [-0.39, 0.29) is 23.5 Å². The lowest BCUT2D eigenvalue weighted by Gasteiger charge is -2.32. The third kappa shape index (κ3) is 6.11. The van der Waals surface area contributed by atoms with Gasteiger partial charge in [0, 0.05) is 6.21 Å². The van der Waals surface area contributed by atoms with Gasteiger partial charge in [-0.05, 0) is 39.3 Å². The maximum absolute atomic E-state index is 12.5. The zero-order valence-electron chi connectivity index (χ0n) is 14.3. The molecule has 4 atom stereocenters. The average molecular weight is 315 g/mol. The second kappa shape index (κ2) is 9.53. The first kappa shape index (κ1) is 20.5. The van der Waals surface area contributed by atoms with E-state index in [0.717, 1.165) is 0 Å². The Labute approximate surface area is 132 Å². The number of aliphatic hydroxyl groups is 1. The minimum Gasteiger partial charge on any atom is -0.411 e. The van der Waals surface area contributed by atoms with E-state index >= 15 is 0 Å². The smallest absolute Gasteiger partial charge is 0.240 e. The highest BCUT2D eigenvalue weighted by Crippen LogP contribution is 2.15. The predicted octanol–water partition coefficient (Wildman–Crippen LogP) is 0.494. The van der Waals surface area contributed by atoms with Crippen LogP contribution in [0.2, 0.25) is 0 Å². The SMILES string of the molecule is CC(=O)[C@H](NC(=O)[C@@H]([C@H](O)[C@H](C)C/C=N\O)N(C)C)C(C)C. The Hall–Kier alpha value is -1.47. The molecule has 0 unspecified atom stereocenters. The molecule has 0 radical (unpaired) electrons. The maximum Gasteiger partial charge on any atom is 0.240 e. The first-order valence-corrected chi connectivity index (χ1v) is 7.44. The highest BCUT2D eigenvalue weighted by Gasteiger charge is 2.34. The summed E-state index contributed by atoms with van der Waals surface area (Å²) < 4.78 is 0. The van der Waals surface area contributed by atoms with Crippen molar-refractivity contribution in [2.24, 2.45) is 17.0 Å². The highest BCUT2D eigenvalue weighted by molar-refractivity contribution is 5.90. The monoisotopic (exact) mass is 315 g/mol. The number of aliphatic hydroxyl groups excluding tert-OH is 1. The van der Waals surface area contributed by atoms with Crippen molar-refractivity contribution in [1.29, 1.82) is 0 Å². The van der Waals surface area contributed by atoms with Gasteiger partial charge in [-0.2, -0.15) is 0 Å². The standard InChI is InChI=1S/C15H29N3O4/c1-9(2)12(11(4)19)17-15(21)13(18(5)6)14(20)10(3)7-8-16-22/h8-10,12-14,20,22H,7H2,1-6H3,(H,17,21)/b16-8-/t10-,12-,13-,14-/m1/s1. The van der Waals surface area contributed by atoms with Crippen LogP contribution in [0.5, 0.6) is 0 Å². The van der Waals surface area contributed by atoms with Gasteiger partial charge in [0.25, 0.3) is 0 Å². The first-order chi connectivity index (χ1) is 10.1. The highest BCUT2D eigenvalue weighted by atomic mass is 16.4. The van der Waals surface area contributed by atoms with E-state index in [0.29, 0.717) is 6.42 Å². The lowest BCUT2D eigenvalue weighted by Crippen LogP contribution is -2.56. The Morgan fingerprint density at radius 1 is 1.27 bits per heavy atom. The molecule has 1 amide bonds. The van der Waals surface area contributed by atoms with Crippen LogP contribution in [0.3, 0.4) is 0 Å². The molecule has 7 nitrogen and oxygen atoms in total. The predicted molar refractivity (Wildman–Crippen MR) is 85.0 cm³/mol. The number of ketones is 1. The number of hydrogen-bond donors (Lipinski definition) is 3. The van der Waals surface area contributed by atoms with Crippen molar-refractivity contribution in [2.45, 2.75) is 52.3 Å². The van der Waals surface area contributed by atoms with Gasteiger partial charge in [0.2, 0.25) is 5.91 Å². The fourth-order valence-corrected chi connectivity index (χ4v) is 2.34. The summed E-state index contributed by atoms with van der Waals surface area (Å²) >= 11 is 0. The number of carbonyl (C=O) groups is 2. The molecule has 0 rings (SSSR count). The summed E-state index contributed by atoms with van der Waals surface area (Å²) in [5.74, 6) is -0.806. The van der Waals surface area contributed by atoms with E-state index in [4.69, 9.17) is 5.21 Å². The summed E-state index contributed by atoms with van der Waals surface area (Å²) in [4.78, 5) is 25.7. The van der Waals surface area contributed by atoms with E-state index in [1.165, 1.54) is 13.1 Å². The van der Waals surface area contributed by atoms with Crippen molar-refractivity contribution < 1.29 is 19.9 Å². The quantitative estimate of drug-likeness (QED) is 0.326. The molecule has 0 aliphatic heterocycles. The number of oxime groups is 1. The van der Waals surface area contributed by atoms with E-state index in [1.54, 1.807) is 25.9 Å². The molecule has 0 aromatic carbocycles. The second-order valence-electron chi connectivity index (χ2n) is 6.25. The number of nitrogens with one attached hydrogen (secondary N) is 1. The van der Waals surface area contributed by atoms with Crippen molar-refractivity contribution in [1.82, 2.24) is 10.2 Å². The molecule has 0 saturated carbocycles. The van der Waals surface area contributed by atoms with E-state index < -0.39 is 18.2 Å². The van der Waals surface area contributed by atoms with Crippen LogP contribution in [-0.2, 0) is 9.59 Å². The van der Waals surface area contributed by atoms with Crippen molar-refractivity contribution in [3.8, 4) is 0 Å². The summed E-state index contributed by atoms with van der Waals surface area (Å²) in [6.07, 6.45) is 0.674. The van der Waals surface area contributed by atoms with Gasteiger partial charge < -0.3 is 15.6 Å². The molecular weight excluding hydrogens is 286 g/mol. The number of hydrogen-bond acceptors (Lipinski definition) is 6. The molecule has 0 aliphatic rings. The molecule has 7 heteroatoms. The molecule has 22 heavy (non-hydrogen) atoms. The number of Topliss-reactive ketones (excluding diaryl/α,β-unsaturated/α-hetero) is 1. The summed E-state index contributed by atoms with van der Waals surface area (Å²) in [6.45, 7) is 6.91. The Morgan fingerprint density at radius 2 is 1.82 bits per heavy atom. The summed E-state index contributed by atoms with van der Waals surface area (Å²) in [5.41, 5.74) is 0. The van der Waals surface area contributed by atoms with Gasteiger partial charge in [-0.15, -0.1) is 5.16 Å². The second-order valence-corrected chi connectivity index (χ2v) is 6.25. The van der Waals surface area contributed by atoms with Crippen molar-refractivity contribution in [2.75, 3.05) is 14.1 Å². The lowest BCUT2D eigenvalue weighted by molar-refractivity contribution is -0.134. The van der Waals surface area contributed by atoms with Crippen molar-refractivity contribution in [3.05, 3.63) is 0 Å². The van der Waals surface area contributed by atoms with Gasteiger partial charge in [0.05, 0.1) is 12.1 Å². The van der Waals surface area contributed by atoms with Crippen LogP contribution in [0.25, 0.3) is 0 Å². The Kier molecular flexibility index (Phi) is 8.89. The molecule has 0 aromatic rings. The Morgan fingerprint density at radius 3 is 2.18 bits per heavy atom. The molecule has 3 N–H and O–H groups in total. The topological polar surface area (TPSA) is 102 Å². The van der Waals surface area contributed by atoms with Crippen LogP contribution >= 0.6 is 0 Å². The van der Waals surface area contributed by atoms with Gasteiger partial charge in [-0.3, -0.25) is 14.5 Å². The summed E-state index contributed by atoms with van der Waals surface area (Å²) in [6, 6.07) is -1.36. The van der Waals surface area contributed by atoms with Crippen LogP contribution in [0.1, 0.15) is 34.1 Å². The van der Waals surface area contributed by atoms with Crippen molar-refractivity contribution in [3.63, 3.8) is 0 Å². The van der Waals surface area contributed by atoms with Crippen LogP contribution < -0.4 is 5.32 Å². The average Bonchev–Trinajstić information content (AvgIpc) is 2.40. The van der Waals surface area contributed by atoms with Crippen LogP contribution in [0, 0.1) is 11.8 Å².